The molecular formula is C6H12F. The Kier molecular flexibility index (Phi) is 2.97. The molecule has 0 saturated carbocycles. The molecule has 0 aromatic rings. The van der Waals surface area contributed by atoms with Gasteiger partial charge in [-0.1, -0.05) is 13.8 Å². The van der Waals surface area contributed by atoms with E-state index >= 15 is 0 Å². The number of rotatable bonds is 2. The molecule has 0 fully saturated rings. The van der Waals surface area contributed by atoms with Gasteiger partial charge in [-0.05, 0) is 19.3 Å². The Hall–Kier alpha value is -0.0700. The van der Waals surface area contributed by atoms with Crippen LogP contribution in [0.15, 0.2) is 0 Å². The van der Waals surface area contributed by atoms with Crippen LogP contribution in [0.5, 0.6) is 0 Å². The van der Waals surface area contributed by atoms with Gasteiger partial charge in [-0.15, -0.1) is 0 Å². The van der Waals surface area contributed by atoms with Crippen molar-refractivity contribution in [3.05, 3.63) is 5.92 Å². The molecule has 0 heterocycles. The Bertz CT molecular complexity index is 33.4. The average molecular weight is 103 g/mol. The molecule has 0 spiro atoms. The predicted octanol–water partition coefficient (Wildman–Crippen LogP) is 2.35. The minimum Gasteiger partial charge on any atom is -0.248 e. The molecule has 0 aromatic carbocycles. The molecule has 7 heavy (non-hydrogen) atoms. The zero-order valence-corrected chi connectivity index (χ0v) is 5.16. The van der Waals surface area contributed by atoms with Crippen LogP contribution in [0.25, 0.3) is 0 Å². The van der Waals surface area contributed by atoms with Crippen LogP contribution in [0.2, 0.25) is 0 Å². The van der Waals surface area contributed by atoms with Gasteiger partial charge < -0.3 is 0 Å². The topological polar surface area (TPSA) is 0 Å². The van der Waals surface area contributed by atoms with E-state index in [4.69, 9.17) is 0 Å². The summed E-state index contributed by atoms with van der Waals surface area (Å²) in [4.78, 5) is 0. The van der Waals surface area contributed by atoms with E-state index in [2.05, 4.69) is 0 Å². The highest BCUT2D eigenvalue weighted by molar-refractivity contribution is 4.78. The SMILES string of the molecule is C[C](C)CC(C)F. The lowest BCUT2D eigenvalue weighted by Gasteiger charge is -2.01. The Morgan fingerprint density at radius 2 is 2.00 bits per heavy atom. The van der Waals surface area contributed by atoms with Crippen LogP contribution >= 0.6 is 0 Å². The second-order valence-electron chi connectivity index (χ2n) is 2.19. The first kappa shape index (κ1) is 6.93. The van der Waals surface area contributed by atoms with E-state index in [-0.39, 0.29) is 0 Å². The van der Waals surface area contributed by atoms with Gasteiger partial charge >= 0.3 is 0 Å². The monoisotopic (exact) mass is 103 g/mol. The molecule has 0 nitrogen and oxygen atoms in total. The fraction of sp³-hybridized carbons (Fsp3) is 0.833. The van der Waals surface area contributed by atoms with E-state index < -0.39 is 6.17 Å². The van der Waals surface area contributed by atoms with Crippen molar-refractivity contribution >= 4 is 0 Å². The van der Waals surface area contributed by atoms with E-state index in [0.717, 1.165) is 5.92 Å². The van der Waals surface area contributed by atoms with E-state index in [1.807, 2.05) is 13.8 Å². The molecule has 0 N–H and O–H groups in total. The van der Waals surface area contributed by atoms with E-state index in [0.29, 0.717) is 6.42 Å². The standard InChI is InChI=1S/C6H12F/c1-5(2)4-6(3)7/h6H,4H2,1-3H3. The van der Waals surface area contributed by atoms with Crippen LogP contribution in [-0.4, -0.2) is 6.17 Å². The number of halogens is 1. The molecule has 0 aliphatic heterocycles. The van der Waals surface area contributed by atoms with Crippen molar-refractivity contribution in [1.82, 2.24) is 0 Å². The Labute approximate surface area is 44.7 Å². The summed E-state index contributed by atoms with van der Waals surface area (Å²) < 4.78 is 11.9. The minimum atomic E-state index is -0.662. The maximum Gasteiger partial charge on any atom is 0.0978 e. The molecule has 0 aromatic heterocycles. The molecule has 1 radical (unpaired) electrons. The van der Waals surface area contributed by atoms with Gasteiger partial charge in [0.15, 0.2) is 0 Å². The van der Waals surface area contributed by atoms with Gasteiger partial charge in [0.05, 0.1) is 6.17 Å². The van der Waals surface area contributed by atoms with Crippen LogP contribution < -0.4 is 0 Å². The van der Waals surface area contributed by atoms with Crippen molar-refractivity contribution in [3.63, 3.8) is 0 Å². The highest BCUT2D eigenvalue weighted by Gasteiger charge is 1.99. The zero-order valence-electron chi connectivity index (χ0n) is 5.16. The molecule has 0 amide bonds. The number of hydrogen-bond acceptors (Lipinski definition) is 0. The molecule has 0 aliphatic carbocycles. The predicted molar refractivity (Wildman–Crippen MR) is 29.8 cm³/mol. The normalized spacial score (nSPS) is 15.0. The molecular weight excluding hydrogens is 91.1 g/mol. The van der Waals surface area contributed by atoms with Crippen LogP contribution in [0.3, 0.4) is 0 Å². The fourth-order valence-corrected chi connectivity index (χ4v) is 0.563. The summed E-state index contributed by atoms with van der Waals surface area (Å²) in [5.74, 6) is 1.16. The van der Waals surface area contributed by atoms with Gasteiger partial charge in [0, 0.05) is 0 Å². The summed E-state index contributed by atoms with van der Waals surface area (Å²) in [5, 5.41) is 0. The summed E-state index contributed by atoms with van der Waals surface area (Å²) in [7, 11) is 0. The molecule has 1 heteroatoms. The fourth-order valence-electron chi connectivity index (χ4n) is 0.563. The van der Waals surface area contributed by atoms with Gasteiger partial charge in [-0.25, -0.2) is 4.39 Å². The molecule has 0 bridgehead atoms. The van der Waals surface area contributed by atoms with Crippen molar-refractivity contribution < 1.29 is 4.39 Å². The molecule has 0 aliphatic rings. The van der Waals surface area contributed by atoms with Gasteiger partial charge in [-0.3, -0.25) is 0 Å². The first-order chi connectivity index (χ1) is 3.13. The van der Waals surface area contributed by atoms with Crippen molar-refractivity contribution in [1.29, 1.82) is 0 Å². The second kappa shape index (κ2) is 3.00. The van der Waals surface area contributed by atoms with E-state index in [9.17, 15) is 4.39 Å². The van der Waals surface area contributed by atoms with E-state index in [1.165, 1.54) is 0 Å². The molecule has 1 unspecified atom stereocenters. The van der Waals surface area contributed by atoms with Crippen molar-refractivity contribution in [2.24, 2.45) is 0 Å². The lowest BCUT2D eigenvalue weighted by Crippen LogP contribution is -1.95. The largest absolute Gasteiger partial charge is 0.248 e. The van der Waals surface area contributed by atoms with Gasteiger partial charge in [0.2, 0.25) is 0 Å². The maximum atomic E-state index is 11.9. The maximum absolute atomic E-state index is 11.9. The van der Waals surface area contributed by atoms with E-state index in [1.54, 1.807) is 6.92 Å². The Morgan fingerprint density at radius 3 is 2.00 bits per heavy atom. The Morgan fingerprint density at radius 1 is 1.57 bits per heavy atom. The third-order valence-corrected chi connectivity index (χ3v) is 0.690. The number of hydrogen-bond donors (Lipinski definition) is 0. The highest BCUT2D eigenvalue weighted by atomic mass is 19.1. The quantitative estimate of drug-likeness (QED) is 0.503. The third-order valence-electron chi connectivity index (χ3n) is 0.690. The lowest BCUT2D eigenvalue weighted by atomic mass is 10.1. The zero-order chi connectivity index (χ0) is 5.86. The van der Waals surface area contributed by atoms with Gasteiger partial charge in [-0.2, -0.15) is 0 Å². The lowest BCUT2D eigenvalue weighted by molar-refractivity contribution is 0.348. The third kappa shape index (κ3) is 5.93. The van der Waals surface area contributed by atoms with Gasteiger partial charge in [0.1, 0.15) is 0 Å². The molecule has 1 atom stereocenters. The first-order valence-electron chi connectivity index (χ1n) is 2.56. The molecule has 0 rings (SSSR count). The molecule has 43 valence electrons. The van der Waals surface area contributed by atoms with Crippen LogP contribution in [0.1, 0.15) is 27.2 Å². The van der Waals surface area contributed by atoms with Crippen molar-refractivity contribution in [2.75, 3.05) is 0 Å². The second-order valence-corrected chi connectivity index (χ2v) is 2.19. The summed E-state index contributed by atoms with van der Waals surface area (Å²) >= 11 is 0. The molecule has 0 saturated heterocycles. The minimum absolute atomic E-state index is 0.611. The number of alkyl halides is 1. The summed E-state index contributed by atoms with van der Waals surface area (Å²) in [6, 6.07) is 0. The smallest absolute Gasteiger partial charge is 0.0978 e. The summed E-state index contributed by atoms with van der Waals surface area (Å²) in [6.45, 7) is 5.46. The van der Waals surface area contributed by atoms with Crippen molar-refractivity contribution in [3.8, 4) is 0 Å². The Balaban J connectivity index is 2.95. The first-order valence-corrected chi connectivity index (χ1v) is 2.56. The van der Waals surface area contributed by atoms with Crippen LogP contribution in [0, 0.1) is 5.92 Å². The van der Waals surface area contributed by atoms with Gasteiger partial charge in [0.25, 0.3) is 0 Å². The van der Waals surface area contributed by atoms with Crippen LogP contribution in [0.4, 0.5) is 4.39 Å². The summed E-state index contributed by atoms with van der Waals surface area (Å²) in [5.41, 5.74) is 0. The average Bonchev–Trinajstić information content (AvgIpc) is 1.27. The summed E-state index contributed by atoms with van der Waals surface area (Å²) in [6.07, 6.45) is -0.0509. The van der Waals surface area contributed by atoms with Crippen molar-refractivity contribution in [2.45, 2.75) is 33.4 Å². The van der Waals surface area contributed by atoms with Crippen LogP contribution in [-0.2, 0) is 0 Å². The highest BCUT2D eigenvalue weighted by Crippen LogP contribution is 2.07.